The fourth-order valence-corrected chi connectivity index (χ4v) is 3.73. The minimum absolute atomic E-state index is 0.0154. The third kappa shape index (κ3) is 3.47. The van der Waals surface area contributed by atoms with Gasteiger partial charge in [-0.2, -0.15) is 0 Å². The van der Waals surface area contributed by atoms with E-state index in [4.69, 9.17) is 22.4 Å². The van der Waals surface area contributed by atoms with Gasteiger partial charge in [-0.1, -0.05) is 11.6 Å². The molecule has 0 aromatic heterocycles. The number of thioether (sulfide) groups is 1. The van der Waals surface area contributed by atoms with Gasteiger partial charge in [-0.05, 0) is 42.5 Å². The molecular weight excluding hydrogens is 364 g/mol. The van der Waals surface area contributed by atoms with Gasteiger partial charge in [0.05, 0.1) is 21.5 Å². The Kier molecular flexibility index (Phi) is 4.69. The van der Waals surface area contributed by atoms with E-state index in [0.29, 0.717) is 5.69 Å². The van der Waals surface area contributed by atoms with Gasteiger partial charge in [0.2, 0.25) is 11.8 Å². The van der Waals surface area contributed by atoms with E-state index >= 15 is 0 Å². The number of nitrogen functional groups attached to an aromatic ring is 1. The smallest absolute Gasteiger partial charge is 0.335 e. The second-order valence-electron chi connectivity index (χ2n) is 5.42. The molecule has 2 aromatic carbocycles. The van der Waals surface area contributed by atoms with Gasteiger partial charge in [0.15, 0.2) is 0 Å². The number of carboxylic acid groups (broad SMARTS) is 1. The van der Waals surface area contributed by atoms with E-state index in [-0.39, 0.29) is 22.7 Å². The quantitative estimate of drug-likeness (QED) is 0.628. The van der Waals surface area contributed by atoms with Crippen molar-refractivity contribution < 1.29 is 19.5 Å². The minimum Gasteiger partial charge on any atom is -0.478 e. The lowest BCUT2D eigenvalue weighted by molar-refractivity contribution is -0.121. The maximum absolute atomic E-state index is 12.7. The summed E-state index contributed by atoms with van der Waals surface area (Å²) < 4.78 is 0. The molecule has 25 heavy (non-hydrogen) atoms. The van der Waals surface area contributed by atoms with E-state index in [1.54, 1.807) is 24.3 Å². The number of amides is 2. The number of carbonyl (C=O) groups excluding carboxylic acids is 2. The Labute approximate surface area is 152 Å². The lowest BCUT2D eigenvalue weighted by Gasteiger charge is -2.17. The summed E-state index contributed by atoms with van der Waals surface area (Å²) >= 11 is 7.34. The van der Waals surface area contributed by atoms with Crippen molar-refractivity contribution in [3.63, 3.8) is 0 Å². The summed E-state index contributed by atoms with van der Waals surface area (Å²) in [6.07, 6.45) is 0.0154. The third-order valence-electron chi connectivity index (χ3n) is 3.70. The van der Waals surface area contributed by atoms with Crippen LogP contribution in [0.4, 0.5) is 11.4 Å². The monoisotopic (exact) mass is 376 g/mol. The predicted octanol–water partition coefficient (Wildman–Crippen LogP) is 3.04. The van der Waals surface area contributed by atoms with Crippen molar-refractivity contribution in [3.05, 3.63) is 53.1 Å². The highest BCUT2D eigenvalue weighted by Crippen LogP contribution is 2.37. The zero-order valence-corrected chi connectivity index (χ0v) is 14.4. The molecule has 0 saturated carbocycles. The number of nitrogens with two attached hydrogens (primary N) is 1. The van der Waals surface area contributed by atoms with E-state index in [9.17, 15) is 14.4 Å². The van der Waals surface area contributed by atoms with E-state index < -0.39 is 23.0 Å². The first-order valence-electron chi connectivity index (χ1n) is 7.28. The largest absolute Gasteiger partial charge is 0.478 e. The van der Waals surface area contributed by atoms with Crippen molar-refractivity contribution in [2.75, 3.05) is 10.6 Å². The molecular formula is C17H13ClN2O4S. The molecule has 1 heterocycles. The highest BCUT2D eigenvalue weighted by Gasteiger charge is 2.41. The Morgan fingerprint density at radius 1 is 1.20 bits per heavy atom. The van der Waals surface area contributed by atoms with E-state index in [1.807, 2.05) is 0 Å². The van der Waals surface area contributed by atoms with Crippen molar-refractivity contribution in [3.8, 4) is 0 Å². The van der Waals surface area contributed by atoms with E-state index in [0.717, 1.165) is 9.80 Å². The van der Waals surface area contributed by atoms with Gasteiger partial charge >= 0.3 is 5.97 Å². The first-order chi connectivity index (χ1) is 11.9. The average Bonchev–Trinajstić information content (AvgIpc) is 2.84. The Bertz CT molecular complexity index is 869. The summed E-state index contributed by atoms with van der Waals surface area (Å²) in [6.45, 7) is 0. The van der Waals surface area contributed by atoms with Gasteiger partial charge in [0, 0.05) is 17.0 Å². The van der Waals surface area contributed by atoms with Crippen molar-refractivity contribution >= 4 is 52.5 Å². The SMILES string of the molecule is Nc1ccc(SC2CC(=O)N(c3cc(C(=O)O)ccc3Cl)C2=O)cc1. The molecule has 0 radical (unpaired) electrons. The van der Waals surface area contributed by atoms with Crippen LogP contribution in [-0.2, 0) is 9.59 Å². The predicted molar refractivity (Wildman–Crippen MR) is 96.0 cm³/mol. The summed E-state index contributed by atoms with van der Waals surface area (Å²) in [5.41, 5.74) is 6.29. The van der Waals surface area contributed by atoms with Gasteiger partial charge < -0.3 is 10.8 Å². The first kappa shape index (κ1) is 17.3. The second kappa shape index (κ2) is 6.78. The number of hydrogen-bond donors (Lipinski definition) is 2. The molecule has 0 bridgehead atoms. The lowest BCUT2D eigenvalue weighted by Crippen LogP contribution is -2.31. The standard InChI is InChI=1S/C17H13ClN2O4S/c18-12-6-1-9(17(23)24)7-13(12)20-15(21)8-14(16(20)22)25-11-4-2-10(19)3-5-11/h1-7,14H,8,19H2,(H,23,24). The zero-order valence-electron chi connectivity index (χ0n) is 12.8. The topological polar surface area (TPSA) is 101 Å². The number of benzene rings is 2. The molecule has 2 aromatic rings. The van der Waals surface area contributed by atoms with E-state index in [1.165, 1.54) is 30.0 Å². The molecule has 2 amide bonds. The van der Waals surface area contributed by atoms with E-state index in [2.05, 4.69) is 0 Å². The normalized spacial score (nSPS) is 17.2. The zero-order chi connectivity index (χ0) is 18.1. The molecule has 1 unspecified atom stereocenters. The summed E-state index contributed by atoms with van der Waals surface area (Å²) in [4.78, 5) is 37.9. The molecule has 1 saturated heterocycles. The molecule has 6 nitrogen and oxygen atoms in total. The van der Waals surface area contributed by atoms with Crippen molar-refractivity contribution in [1.29, 1.82) is 0 Å². The Morgan fingerprint density at radius 3 is 2.52 bits per heavy atom. The van der Waals surface area contributed by atoms with Crippen LogP contribution in [0.5, 0.6) is 0 Å². The van der Waals surface area contributed by atoms with Crippen LogP contribution < -0.4 is 10.6 Å². The van der Waals surface area contributed by atoms with Crippen LogP contribution in [0, 0.1) is 0 Å². The first-order valence-corrected chi connectivity index (χ1v) is 8.54. The van der Waals surface area contributed by atoms with Crippen LogP contribution >= 0.6 is 23.4 Å². The molecule has 0 aliphatic carbocycles. The lowest BCUT2D eigenvalue weighted by atomic mass is 10.2. The molecule has 1 aliphatic rings. The van der Waals surface area contributed by atoms with Gasteiger partial charge in [-0.15, -0.1) is 11.8 Å². The van der Waals surface area contributed by atoms with Gasteiger partial charge in [-0.25, -0.2) is 9.69 Å². The third-order valence-corrected chi connectivity index (χ3v) is 5.21. The van der Waals surface area contributed by atoms with Gasteiger partial charge in [0.1, 0.15) is 0 Å². The van der Waals surface area contributed by atoms with Crippen LogP contribution in [0.2, 0.25) is 5.02 Å². The van der Waals surface area contributed by atoms with Crippen LogP contribution in [0.1, 0.15) is 16.8 Å². The number of carbonyl (C=O) groups is 3. The van der Waals surface area contributed by atoms with Crippen LogP contribution in [-0.4, -0.2) is 28.1 Å². The number of carboxylic acids is 1. The van der Waals surface area contributed by atoms with Crippen molar-refractivity contribution in [2.24, 2.45) is 0 Å². The van der Waals surface area contributed by atoms with Crippen LogP contribution in [0.15, 0.2) is 47.4 Å². The molecule has 3 N–H and O–H groups in total. The maximum atomic E-state index is 12.7. The Balaban J connectivity index is 1.88. The van der Waals surface area contributed by atoms with Gasteiger partial charge in [0.25, 0.3) is 0 Å². The molecule has 128 valence electrons. The van der Waals surface area contributed by atoms with Crippen LogP contribution in [0.25, 0.3) is 0 Å². The Hall–Kier alpha value is -2.51. The average molecular weight is 377 g/mol. The highest BCUT2D eigenvalue weighted by molar-refractivity contribution is 8.00. The summed E-state index contributed by atoms with van der Waals surface area (Å²) in [5.74, 6) is -2.00. The fraction of sp³-hybridized carbons (Fsp3) is 0.118. The van der Waals surface area contributed by atoms with Crippen molar-refractivity contribution in [1.82, 2.24) is 0 Å². The maximum Gasteiger partial charge on any atom is 0.335 e. The minimum atomic E-state index is -1.16. The molecule has 1 aliphatic heterocycles. The molecule has 1 atom stereocenters. The molecule has 8 heteroatoms. The molecule has 1 fully saturated rings. The number of halogens is 1. The number of nitrogens with zero attached hydrogens (tertiary/aromatic N) is 1. The van der Waals surface area contributed by atoms with Crippen LogP contribution in [0.3, 0.4) is 0 Å². The highest BCUT2D eigenvalue weighted by atomic mass is 35.5. The summed E-state index contributed by atoms with van der Waals surface area (Å²) in [5, 5.41) is 8.64. The number of anilines is 2. The van der Waals surface area contributed by atoms with Crippen molar-refractivity contribution in [2.45, 2.75) is 16.6 Å². The van der Waals surface area contributed by atoms with Gasteiger partial charge in [-0.3, -0.25) is 9.59 Å². The number of aromatic carboxylic acids is 1. The molecule has 3 rings (SSSR count). The molecule has 0 spiro atoms. The Morgan fingerprint density at radius 2 is 1.88 bits per heavy atom. The summed E-state index contributed by atoms with van der Waals surface area (Å²) in [7, 11) is 0. The number of hydrogen-bond acceptors (Lipinski definition) is 5. The summed E-state index contributed by atoms with van der Waals surface area (Å²) in [6, 6.07) is 10.9. The number of imide groups is 1. The number of rotatable bonds is 4. The fourth-order valence-electron chi connectivity index (χ4n) is 2.48. The second-order valence-corrected chi connectivity index (χ2v) is 7.10.